The number of benzene rings is 2. The Morgan fingerprint density at radius 1 is 1.04 bits per heavy atom. The number of nitrogens with one attached hydrogen (secondary N) is 1. The van der Waals surface area contributed by atoms with E-state index < -0.39 is 57.6 Å². The van der Waals surface area contributed by atoms with E-state index >= 15 is 0 Å². The number of carbonyl (C=O) groups is 1. The maximum Gasteiger partial charge on any atom is 0.341 e. The summed E-state index contributed by atoms with van der Waals surface area (Å²) >= 11 is 0. The molecule has 128 valence electrons. The van der Waals surface area contributed by atoms with Gasteiger partial charge in [-0.05, 0) is 29.8 Å². The lowest BCUT2D eigenvalue weighted by atomic mass is 10.0. The van der Waals surface area contributed by atoms with E-state index in [0.29, 0.717) is 6.07 Å². The minimum atomic E-state index is -1.52. The van der Waals surface area contributed by atoms with Crippen LogP contribution >= 0.6 is 0 Å². The first-order valence-electron chi connectivity index (χ1n) is 6.99. The van der Waals surface area contributed by atoms with Crippen LogP contribution in [-0.4, -0.2) is 16.1 Å². The number of H-pyrrole nitrogens is 1. The van der Waals surface area contributed by atoms with Gasteiger partial charge in [0.15, 0.2) is 11.6 Å². The zero-order chi connectivity index (χ0) is 18.3. The summed E-state index contributed by atoms with van der Waals surface area (Å²) in [7, 11) is 0. The second-order valence-electron chi connectivity index (χ2n) is 5.34. The molecule has 0 unspecified atom stereocenters. The fourth-order valence-corrected chi connectivity index (χ4v) is 2.55. The number of carboxylic acids is 1. The Morgan fingerprint density at radius 3 is 2.40 bits per heavy atom. The highest BCUT2D eigenvalue weighted by Gasteiger charge is 2.18. The van der Waals surface area contributed by atoms with Crippen molar-refractivity contribution in [3.05, 3.63) is 80.6 Å². The lowest BCUT2D eigenvalue weighted by molar-refractivity contribution is 0.0695. The third-order valence-corrected chi connectivity index (χ3v) is 3.74. The van der Waals surface area contributed by atoms with Gasteiger partial charge in [0, 0.05) is 18.2 Å². The van der Waals surface area contributed by atoms with Crippen molar-refractivity contribution >= 4 is 16.9 Å². The predicted molar refractivity (Wildman–Crippen MR) is 80.6 cm³/mol. The summed E-state index contributed by atoms with van der Waals surface area (Å²) in [5, 5.41) is 8.41. The number of hydrogen-bond acceptors (Lipinski definition) is 2. The van der Waals surface area contributed by atoms with Crippen molar-refractivity contribution in [2.75, 3.05) is 0 Å². The van der Waals surface area contributed by atoms with E-state index in [-0.39, 0.29) is 11.1 Å². The minimum absolute atomic E-state index is 0.0396. The summed E-state index contributed by atoms with van der Waals surface area (Å²) in [6.07, 6.45) is 0.449. The lowest BCUT2D eigenvalue weighted by Gasteiger charge is -2.08. The number of rotatable bonds is 3. The van der Waals surface area contributed by atoms with E-state index in [9.17, 15) is 27.2 Å². The van der Waals surface area contributed by atoms with Gasteiger partial charge in [0.05, 0.1) is 10.9 Å². The van der Waals surface area contributed by atoms with E-state index in [1.165, 1.54) is 6.07 Å². The quantitative estimate of drug-likeness (QED) is 0.561. The largest absolute Gasteiger partial charge is 0.477 e. The molecule has 25 heavy (non-hydrogen) atoms. The minimum Gasteiger partial charge on any atom is -0.477 e. The van der Waals surface area contributed by atoms with Crippen LogP contribution in [0.2, 0.25) is 0 Å². The highest BCUT2D eigenvalue weighted by molar-refractivity contribution is 5.92. The molecule has 0 aliphatic heterocycles. The molecule has 0 aliphatic carbocycles. The number of aromatic nitrogens is 1. The molecule has 0 fully saturated rings. The number of carboxylic acid groups (broad SMARTS) is 1. The van der Waals surface area contributed by atoms with Crippen LogP contribution in [0.15, 0.2) is 35.3 Å². The first-order chi connectivity index (χ1) is 11.8. The molecular weight excluding hydrogens is 342 g/mol. The van der Waals surface area contributed by atoms with Gasteiger partial charge in [0.2, 0.25) is 5.43 Å². The van der Waals surface area contributed by atoms with Crippen molar-refractivity contribution in [3.63, 3.8) is 0 Å². The van der Waals surface area contributed by atoms with Crippen molar-refractivity contribution in [2.24, 2.45) is 0 Å². The van der Waals surface area contributed by atoms with Crippen molar-refractivity contribution in [2.45, 2.75) is 6.42 Å². The van der Waals surface area contributed by atoms with Crippen LogP contribution in [0, 0.1) is 23.3 Å². The number of pyridine rings is 1. The molecule has 4 nitrogen and oxygen atoms in total. The van der Waals surface area contributed by atoms with Gasteiger partial charge in [-0.15, -0.1) is 0 Å². The van der Waals surface area contributed by atoms with Gasteiger partial charge < -0.3 is 10.1 Å². The van der Waals surface area contributed by atoms with E-state index in [4.69, 9.17) is 5.11 Å². The van der Waals surface area contributed by atoms with Crippen LogP contribution < -0.4 is 5.43 Å². The molecule has 0 bridgehead atoms. The number of hydrogen-bond donors (Lipinski definition) is 2. The normalized spacial score (nSPS) is 11.0. The van der Waals surface area contributed by atoms with E-state index in [0.717, 1.165) is 18.3 Å². The van der Waals surface area contributed by atoms with Gasteiger partial charge in [0.25, 0.3) is 0 Å². The highest BCUT2D eigenvalue weighted by atomic mass is 19.2. The topological polar surface area (TPSA) is 70.2 Å². The lowest BCUT2D eigenvalue weighted by Crippen LogP contribution is -2.16. The molecule has 0 radical (unpaired) electrons. The Bertz CT molecular complexity index is 1080. The maximum absolute atomic E-state index is 14.3. The number of fused-ring (bicyclic) bond motifs is 1. The Hall–Kier alpha value is -3.16. The molecule has 2 N–H and O–H groups in total. The summed E-state index contributed by atoms with van der Waals surface area (Å²) in [5.74, 6) is -6.17. The van der Waals surface area contributed by atoms with Gasteiger partial charge in [-0.1, -0.05) is 0 Å². The Morgan fingerprint density at radius 2 is 1.72 bits per heavy atom. The van der Waals surface area contributed by atoms with Crippen LogP contribution in [0.5, 0.6) is 0 Å². The molecule has 3 rings (SSSR count). The predicted octanol–water partition coefficient (Wildman–Crippen LogP) is 3.37. The fourth-order valence-electron chi connectivity index (χ4n) is 2.55. The summed E-state index contributed by atoms with van der Waals surface area (Å²) in [5.41, 5.74) is -2.20. The van der Waals surface area contributed by atoms with E-state index in [1.807, 2.05) is 0 Å². The average molecular weight is 351 g/mol. The molecule has 0 aliphatic rings. The molecular formula is C17H9F4NO3. The van der Waals surface area contributed by atoms with Crippen molar-refractivity contribution in [1.29, 1.82) is 0 Å². The summed E-state index contributed by atoms with van der Waals surface area (Å²) in [4.78, 5) is 25.4. The van der Waals surface area contributed by atoms with Gasteiger partial charge in [-0.3, -0.25) is 4.79 Å². The van der Waals surface area contributed by atoms with Crippen molar-refractivity contribution < 1.29 is 27.5 Å². The van der Waals surface area contributed by atoms with Crippen molar-refractivity contribution in [1.82, 2.24) is 4.98 Å². The molecule has 0 spiro atoms. The maximum atomic E-state index is 14.3. The molecule has 8 heteroatoms. The van der Waals surface area contributed by atoms with Gasteiger partial charge >= 0.3 is 5.97 Å². The second-order valence-corrected chi connectivity index (χ2v) is 5.34. The third kappa shape index (κ3) is 2.86. The zero-order valence-corrected chi connectivity index (χ0v) is 12.4. The number of halogens is 4. The Balaban J connectivity index is 2.15. The van der Waals surface area contributed by atoms with Crippen molar-refractivity contribution in [3.8, 4) is 0 Å². The van der Waals surface area contributed by atoms with Crippen LogP contribution in [0.3, 0.4) is 0 Å². The van der Waals surface area contributed by atoms with E-state index in [1.54, 1.807) is 0 Å². The summed E-state index contributed by atoms with van der Waals surface area (Å²) in [6, 6.07) is 3.49. The standard InChI is InChI=1S/C17H9F4NO3/c18-10-1-2-11(19)15(21)8(10)3-7-4-12(20)14-13(5-7)22-6-9(16(14)23)17(24)25/h1-2,4-6H,3H2,(H,22,23)(H,24,25). The smallest absolute Gasteiger partial charge is 0.341 e. The van der Waals surface area contributed by atoms with Crippen LogP contribution in [0.4, 0.5) is 17.6 Å². The highest BCUT2D eigenvalue weighted by Crippen LogP contribution is 2.22. The average Bonchev–Trinajstić information content (AvgIpc) is 2.54. The zero-order valence-electron chi connectivity index (χ0n) is 12.4. The second kappa shape index (κ2) is 6.04. The van der Waals surface area contributed by atoms with Crippen LogP contribution in [-0.2, 0) is 6.42 Å². The SMILES string of the molecule is O=C(O)c1c[nH]c2cc(Cc3c(F)ccc(F)c3F)cc(F)c2c1=O. The van der Waals surface area contributed by atoms with Gasteiger partial charge in [-0.2, -0.15) is 0 Å². The first kappa shape index (κ1) is 16.7. The third-order valence-electron chi connectivity index (χ3n) is 3.74. The Labute approximate surface area is 137 Å². The summed E-state index contributed by atoms with van der Waals surface area (Å²) < 4.78 is 55.0. The Kier molecular flexibility index (Phi) is 4.03. The molecule has 3 aromatic rings. The van der Waals surface area contributed by atoms with Crippen LogP contribution in [0.25, 0.3) is 10.9 Å². The first-order valence-corrected chi connectivity index (χ1v) is 6.99. The molecule has 0 saturated carbocycles. The molecule has 1 heterocycles. The van der Waals surface area contributed by atoms with Gasteiger partial charge in [-0.25, -0.2) is 22.4 Å². The molecule has 2 aromatic carbocycles. The monoisotopic (exact) mass is 351 g/mol. The molecule has 0 amide bonds. The molecule has 0 atom stereocenters. The molecule has 1 aromatic heterocycles. The fraction of sp³-hybridized carbons (Fsp3) is 0.0588. The summed E-state index contributed by atoms with van der Waals surface area (Å²) in [6.45, 7) is 0. The van der Waals surface area contributed by atoms with Gasteiger partial charge in [0.1, 0.15) is 17.2 Å². The number of aromatic carboxylic acids is 1. The van der Waals surface area contributed by atoms with Crippen LogP contribution in [0.1, 0.15) is 21.5 Å². The molecule has 0 saturated heterocycles. The van der Waals surface area contributed by atoms with E-state index in [2.05, 4.69) is 4.98 Å². The number of aromatic amines is 1.